The number of hydrogen-bond acceptors (Lipinski definition) is 1. The molecule has 0 aliphatic heterocycles. The minimum Gasteiger partial charge on any atom is -0.270 e. The monoisotopic (exact) mass is 128 g/mol. The van der Waals surface area contributed by atoms with E-state index in [1.54, 1.807) is 0 Å². The Morgan fingerprint density at radius 1 is 1.78 bits per heavy atom. The second-order valence-electron chi connectivity index (χ2n) is 2.10. The highest BCUT2D eigenvalue weighted by atomic mass is 16.2. The molecule has 0 fully saturated rings. The van der Waals surface area contributed by atoms with Gasteiger partial charge in [-0.2, -0.15) is 0 Å². The Bertz CT molecular complexity index is 109. The van der Waals surface area contributed by atoms with Gasteiger partial charge in [0.2, 0.25) is 0 Å². The first kappa shape index (κ1) is 8.37. The summed E-state index contributed by atoms with van der Waals surface area (Å²) >= 11 is 0. The summed E-state index contributed by atoms with van der Waals surface area (Å²) in [6.45, 7) is 6.34. The lowest BCUT2D eigenvalue weighted by Gasteiger charge is -2.05. The zero-order chi connectivity index (χ0) is 7.28. The minimum atomic E-state index is 0.0804. The molecule has 0 aromatic carbocycles. The number of quaternary nitrogens is 1. The van der Waals surface area contributed by atoms with E-state index in [-0.39, 0.29) is 5.91 Å². The number of rotatable bonds is 3. The maximum atomic E-state index is 10.7. The summed E-state index contributed by atoms with van der Waals surface area (Å²) in [6, 6.07) is 0. The molecular formula is C7H14NO+. The summed E-state index contributed by atoms with van der Waals surface area (Å²) in [5.74, 6) is 0.0804. The van der Waals surface area contributed by atoms with Crippen LogP contribution in [-0.2, 0) is 4.79 Å². The molecule has 0 aromatic heterocycles. The Kier molecular flexibility index (Phi) is 3.97. The van der Waals surface area contributed by atoms with Gasteiger partial charge in [0.1, 0.15) is 0 Å². The van der Waals surface area contributed by atoms with Crippen molar-refractivity contribution in [3.8, 4) is 0 Å². The zero-order valence-electron chi connectivity index (χ0n) is 6.11. The Labute approximate surface area is 56.2 Å². The van der Waals surface area contributed by atoms with Gasteiger partial charge in [-0.15, -0.1) is 0 Å². The number of carbonyl (C=O) groups is 1. The van der Waals surface area contributed by atoms with Crippen LogP contribution in [0.2, 0.25) is 0 Å². The lowest BCUT2D eigenvalue weighted by molar-refractivity contribution is -0.795. The number of amides is 1. The first-order valence-corrected chi connectivity index (χ1v) is 3.21. The molecule has 0 aliphatic carbocycles. The van der Waals surface area contributed by atoms with E-state index in [0.29, 0.717) is 0 Å². The van der Waals surface area contributed by atoms with Gasteiger partial charge in [-0.3, -0.25) is 4.90 Å². The van der Waals surface area contributed by atoms with Crippen LogP contribution in [0.3, 0.4) is 0 Å². The van der Waals surface area contributed by atoms with Gasteiger partial charge >= 0.3 is 5.91 Å². The lowest BCUT2D eigenvalue weighted by atomic mass is 10.4. The van der Waals surface area contributed by atoms with Gasteiger partial charge < -0.3 is 0 Å². The molecule has 1 amide bonds. The quantitative estimate of drug-likeness (QED) is 0.514. The predicted octanol–water partition coefficient (Wildman–Crippen LogP) is -0.376. The van der Waals surface area contributed by atoms with E-state index in [9.17, 15) is 4.79 Å². The molecule has 1 atom stereocenters. The van der Waals surface area contributed by atoms with Crippen molar-refractivity contribution < 1.29 is 9.69 Å². The smallest absolute Gasteiger partial charge is 0.270 e. The minimum absolute atomic E-state index is 0.0804. The van der Waals surface area contributed by atoms with Crippen LogP contribution in [0, 0.1) is 0 Å². The van der Waals surface area contributed by atoms with Gasteiger partial charge in [-0.25, -0.2) is 4.79 Å². The molecule has 0 saturated heterocycles. The number of likely N-dealkylation sites (N-methyl/N-ethyl adjacent to an activating group) is 1. The number of nitrogens with one attached hydrogen (secondary N) is 1. The van der Waals surface area contributed by atoms with Crippen LogP contribution in [0.1, 0.15) is 13.3 Å². The molecule has 52 valence electrons. The Hall–Kier alpha value is -0.630. The van der Waals surface area contributed by atoms with Gasteiger partial charge in [0.25, 0.3) is 0 Å². The van der Waals surface area contributed by atoms with Crippen molar-refractivity contribution in [3.05, 3.63) is 12.7 Å². The maximum absolute atomic E-state index is 10.7. The summed E-state index contributed by atoms with van der Waals surface area (Å²) in [4.78, 5) is 11.7. The van der Waals surface area contributed by atoms with Crippen molar-refractivity contribution in [3.63, 3.8) is 0 Å². The predicted molar refractivity (Wildman–Crippen MR) is 37.2 cm³/mol. The van der Waals surface area contributed by atoms with Crippen LogP contribution in [0.5, 0.6) is 0 Å². The van der Waals surface area contributed by atoms with Gasteiger partial charge in [-0.05, 0) is 6.42 Å². The first-order chi connectivity index (χ1) is 4.22. The first-order valence-electron chi connectivity index (χ1n) is 3.21. The van der Waals surface area contributed by atoms with Crippen LogP contribution in [0.15, 0.2) is 12.7 Å². The van der Waals surface area contributed by atoms with Crippen LogP contribution < -0.4 is 4.90 Å². The molecule has 1 unspecified atom stereocenters. The molecular weight excluding hydrogens is 114 g/mol. The molecule has 0 spiro atoms. The van der Waals surface area contributed by atoms with Crippen molar-refractivity contribution in [2.45, 2.75) is 13.3 Å². The molecule has 0 saturated carbocycles. The van der Waals surface area contributed by atoms with E-state index in [1.807, 2.05) is 7.05 Å². The van der Waals surface area contributed by atoms with E-state index in [1.165, 1.54) is 6.08 Å². The Balaban J connectivity index is 3.58. The standard InChI is InChI=1S/C7H13NO/c1-4-6-8(3)7(9)5-2/h5H,2,4,6H2,1,3H3/p+1. The summed E-state index contributed by atoms with van der Waals surface area (Å²) in [5, 5.41) is 0. The van der Waals surface area contributed by atoms with E-state index in [0.717, 1.165) is 17.9 Å². The molecule has 2 heteroatoms. The average molecular weight is 128 g/mol. The number of hydrogen-bond donors (Lipinski definition) is 1. The van der Waals surface area contributed by atoms with Crippen LogP contribution >= 0.6 is 0 Å². The summed E-state index contributed by atoms with van der Waals surface area (Å²) < 4.78 is 0. The summed E-state index contributed by atoms with van der Waals surface area (Å²) in [5.41, 5.74) is 0. The lowest BCUT2D eigenvalue weighted by Crippen LogP contribution is -3.11. The maximum Gasteiger partial charge on any atom is 0.336 e. The SMILES string of the molecule is C=CC(=O)[NH+](C)CCC. The van der Waals surface area contributed by atoms with Crippen molar-refractivity contribution in [1.29, 1.82) is 0 Å². The van der Waals surface area contributed by atoms with Gasteiger partial charge in [0.15, 0.2) is 0 Å². The molecule has 0 rings (SSSR count). The molecule has 2 nitrogen and oxygen atoms in total. The second-order valence-corrected chi connectivity index (χ2v) is 2.10. The third-order valence-electron chi connectivity index (χ3n) is 1.23. The van der Waals surface area contributed by atoms with Crippen LogP contribution in [0.4, 0.5) is 0 Å². The van der Waals surface area contributed by atoms with Crippen LogP contribution in [0.25, 0.3) is 0 Å². The highest BCUT2D eigenvalue weighted by Crippen LogP contribution is 1.63. The fraction of sp³-hybridized carbons (Fsp3) is 0.571. The molecule has 0 aliphatic rings. The normalized spacial score (nSPS) is 12.7. The van der Waals surface area contributed by atoms with Gasteiger partial charge in [0, 0.05) is 6.08 Å². The van der Waals surface area contributed by atoms with E-state index in [4.69, 9.17) is 0 Å². The van der Waals surface area contributed by atoms with Crippen molar-refractivity contribution in [1.82, 2.24) is 0 Å². The zero-order valence-corrected chi connectivity index (χ0v) is 6.11. The highest BCUT2D eigenvalue weighted by Gasteiger charge is 2.06. The van der Waals surface area contributed by atoms with Gasteiger partial charge in [0.05, 0.1) is 13.6 Å². The third-order valence-corrected chi connectivity index (χ3v) is 1.23. The summed E-state index contributed by atoms with van der Waals surface area (Å²) in [7, 11) is 1.85. The topological polar surface area (TPSA) is 21.5 Å². The third kappa shape index (κ3) is 3.03. The summed E-state index contributed by atoms with van der Waals surface area (Å²) in [6.07, 6.45) is 2.40. The molecule has 9 heavy (non-hydrogen) atoms. The fourth-order valence-corrected chi connectivity index (χ4v) is 0.672. The molecule has 1 N–H and O–H groups in total. The van der Waals surface area contributed by atoms with Gasteiger partial charge in [-0.1, -0.05) is 13.5 Å². The Morgan fingerprint density at radius 2 is 2.33 bits per heavy atom. The largest absolute Gasteiger partial charge is 0.336 e. The molecule has 0 heterocycles. The Morgan fingerprint density at radius 3 is 2.67 bits per heavy atom. The molecule has 0 radical (unpaired) electrons. The van der Waals surface area contributed by atoms with Crippen molar-refractivity contribution in [2.75, 3.05) is 13.6 Å². The molecule has 0 bridgehead atoms. The van der Waals surface area contributed by atoms with E-state index < -0.39 is 0 Å². The number of carbonyl (C=O) groups excluding carboxylic acids is 1. The van der Waals surface area contributed by atoms with Crippen molar-refractivity contribution in [2.24, 2.45) is 0 Å². The average Bonchev–Trinajstić information content (AvgIpc) is 1.87. The van der Waals surface area contributed by atoms with Crippen LogP contribution in [-0.4, -0.2) is 19.5 Å². The van der Waals surface area contributed by atoms with E-state index >= 15 is 0 Å². The second kappa shape index (κ2) is 4.27. The fourth-order valence-electron chi connectivity index (χ4n) is 0.672. The highest BCUT2D eigenvalue weighted by molar-refractivity contribution is 5.78. The van der Waals surface area contributed by atoms with Crippen molar-refractivity contribution >= 4 is 5.91 Å². The van der Waals surface area contributed by atoms with E-state index in [2.05, 4.69) is 13.5 Å². The molecule has 0 aromatic rings.